The number of nitrogens with zero attached hydrogens (tertiary/aromatic N) is 3. The van der Waals surface area contributed by atoms with Crippen molar-refractivity contribution in [1.29, 1.82) is 0 Å². The number of carbonyl (C=O) groups is 1. The minimum absolute atomic E-state index is 0.117. The van der Waals surface area contributed by atoms with Gasteiger partial charge in [-0.3, -0.25) is 9.79 Å². The molecule has 1 amide bonds. The molecule has 0 saturated carbocycles. The third kappa shape index (κ3) is 4.61. The molecule has 0 aliphatic carbocycles. The Balaban J connectivity index is 1.40. The molecule has 2 heterocycles. The van der Waals surface area contributed by atoms with Crippen LogP contribution in [0.2, 0.25) is 0 Å². The summed E-state index contributed by atoms with van der Waals surface area (Å²) in [6.07, 6.45) is 2.49. The van der Waals surface area contributed by atoms with Crippen LogP contribution in [0.15, 0.2) is 113 Å². The molecule has 1 aromatic heterocycles. The van der Waals surface area contributed by atoms with Crippen molar-refractivity contribution >= 4 is 34.4 Å². The molecule has 6 rings (SSSR count). The Morgan fingerprint density at radius 3 is 2.49 bits per heavy atom. The Hall–Kier alpha value is -4.97. The Morgan fingerprint density at radius 2 is 1.67 bits per heavy atom. The molecular formula is C33H28N4O2. The molecular weight excluding hydrogens is 484 g/mol. The molecule has 1 atom stereocenters. The molecule has 6 nitrogen and oxygen atoms in total. The van der Waals surface area contributed by atoms with Gasteiger partial charge in [0.1, 0.15) is 5.75 Å². The summed E-state index contributed by atoms with van der Waals surface area (Å²) >= 11 is 0. The standard InChI is InChI=1S/C33H28N4O2/c1-22(38)37-31(26-16-8-11-19-32(26)39-2)20-30(36-37)25-15-7-9-17-28(25)34-21-27-24-14-6-10-18-29(24)35-33(27)23-12-4-3-5-13-23/h3-19,21,31,35H,20H2,1-2H3. The van der Waals surface area contributed by atoms with Gasteiger partial charge in [-0.15, -0.1) is 0 Å². The number of carbonyl (C=O) groups excluding carboxylic acids is 1. The van der Waals surface area contributed by atoms with E-state index in [0.29, 0.717) is 6.42 Å². The predicted molar refractivity (Wildman–Crippen MR) is 157 cm³/mol. The average molecular weight is 513 g/mol. The highest BCUT2D eigenvalue weighted by Crippen LogP contribution is 2.39. The van der Waals surface area contributed by atoms with E-state index in [1.165, 1.54) is 0 Å². The number of aromatic nitrogens is 1. The van der Waals surface area contributed by atoms with E-state index in [4.69, 9.17) is 14.8 Å². The van der Waals surface area contributed by atoms with Crippen LogP contribution >= 0.6 is 0 Å². The van der Waals surface area contributed by atoms with Gasteiger partial charge in [-0.25, -0.2) is 5.01 Å². The van der Waals surface area contributed by atoms with Gasteiger partial charge in [-0.1, -0.05) is 84.9 Å². The third-order valence-corrected chi connectivity index (χ3v) is 7.09. The fourth-order valence-corrected chi connectivity index (χ4v) is 5.24. The van der Waals surface area contributed by atoms with Crippen molar-refractivity contribution < 1.29 is 9.53 Å². The number of amides is 1. The van der Waals surface area contributed by atoms with Gasteiger partial charge in [0.25, 0.3) is 0 Å². The van der Waals surface area contributed by atoms with Crippen molar-refractivity contribution in [2.45, 2.75) is 19.4 Å². The van der Waals surface area contributed by atoms with E-state index >= 15 is 0 Å². The van der Waals surface area contributed by atoms with Crippen LogP contribution in [-0.4, -0.2) is 34.9 Å². The van der Waals surface area contributed by atoms with Gasteiger partial charge in [-0.05, 0) is 23.8 Å². The monoisotopic (exact) mass is 512 g/mol. The van der Waals surface area contributed by atoms with Gasteiger partial charge in [0.15, 0.2) is 0 Å². The number of nitrogens with one attached hydrogen (secondary N) is 1. The molecule has 0 fully saturated rings. The summed E-state index contributed by atoms with van der Waals surface area (Å²) in [6.45, 7) is 1.54. The van der Waals surface area contributed by atoms with Gasteiger partial charge in [0.2, 0.25) is 5.91 Å². The van der Waals surface area contributed by atoms with Crippen LogP contribution in [0.4, 0.5) is 5.69 Å². The third-order valence-electron chi connectivity index (χ3n) is 7.09. The first-order valence-electron chi connectivity index (χ1n) is 12.9. The normalized spacial score (nSPS) is 15.2. The zero-order chi connectivity index (χ0) is 26.8. The lowest BCUT2D eigenvalue weighted by molar-refractivity contribution is -0.130. The van der Waals surface area contributed by atoms with Crippen LogP contribution < -0.4 is 4.74 Å². The van der Waals surface area contributed by atoms with Crippen LogP contribution in [-0.2, 0) is 4.79 Å². The summed E-state index contributed by atoms with van der Waals surface area (Å²) in [7, 11) is 1.64. The Morgan fingerprint density at radius 1 is 0.949 bits per heavy atom. The van der Waals surface area contributed by atoms with Crippen molar-refractivity contribution in [3.8, 4) is 17.0 Å². The average Bonchev–Trinajstić information content (AvgIpc) is 3.59. The fourth-order valence-electron chi connectivity index (χ4n) is 5.24. The number of aromatic amines is 1. The summed E-state index contributed by atoms with van der Waals surface area (Å²) in [5, 5.41) is 7.44. The second-order valence-electron chi connectivity index (χ2n) is 9.47. The van der Waals surface area contributed by atoms with Gasteiger partial charge >= 0.3 is 0 Å². The van der Waals surface area contributed by atoms with Crippen molar-refractivity contribution in [3.63, 3.8) is 0 Å². The van der Waals surface area contributed by atoms with E-state index in [2.05, 4.69) is 29.2 Å². The second kappa shape index (κ2) is 10.4. The summed E-state index contributed by atoms with van der Waals surface area (Å²) < 4.78 is 5.60. The van der Waals surface area contributed by atoms with Crippen LogP contribution in [0.3, 0.4) is 0 Å². The largest absolute Gasteiger partial charge is 0.496 e. The van der Waals surface area contributed by atoms with E-state index in [0.717, 1.165) is 56.0 Å². The summed E-state index contributed by atoms with van der Waals surface area (Å²) in [6, 6.07) is 34.0. The number of hydrazone groups is 1. The first kappa shape index (κ1) is 24.4. The fraction of sp³-hybridized carbons (Fsp3) is 0.121. The van der Waals surface area contributed by atoms with Crippen molar-refractivity contribution in [3.05, 3.63) is 120 Å². The Kier molecular flexibility index (Phi) is 6.51. The van der Waals surface area contributed by atoms with E-state index < -0.39 is 0 Å². The lowest BCUT2D eigenvalue weighted by Crippen LogP contribution is -2.24. The Labute approximate surface area is 227 Å². The number of para-hydroxylation sites is 3. The summed E-state index contributed by atoms with van der Waals surface area (Å²) in [5.41, 5.74) is 7.65. The molecule has 4 aromatic carbocycles. The molecule has 1 N–H and O–H groups in total. The molecule has 1 aliphatic rings. The van der Waals surface area contributed by atoms with Crippen molar-refractivity contribution in [2.75, 3.05) is 7.11 Å². The number of hydrogen-bond acceptors (Lipinski definition) is 4. The van der Waals surface area contributed by atoms with E-state index in [1.807, 2.05) is 85.1 Å². The lowest BCUT2D eigenvalue weighted by Gasteiger charge is -2.22. The predicted octanol–water partition coefficient (Wildman–Crippen LogP) is 7.29. The molecule has 0 saturated heterocycles. The second-order valence-corrected chi connectivity index (χ2v) is 9.47. The number of hydrogen-bond donors (Lipinski definition) is 1. The topological polar surface area (TPSA) is 70.0 Å². The van der Waals surface area contributed by atoms with E-state index in [-0.39, 0.29) is 11.9 Å². The smallest absolute Gasteiger partial charge is 0.240 e. The minimum Gasteiger partial charge on any atom is -0.496 e. The minimum atomic E-state index is -0.246. The highest BCUT2D eigenvalue weighted by Gasteiger charge is 2.33. The van der Waals surface area contributed by atoms with Crippen LogP contribution in [0.5, 0.6) is 5.75 Å². The Bertz CT molecular complexity index is 1720. The molecule has 5 aromatic rings. The maximum atomic E-state index is 12.6. The maximum Gasteiger partial charge on any atom is 0.240 e. The van der Waals surface area contributed by atoms with Crippen LogP contribution in [0.25, 0.3) is 22.2 Å². The number of ether oxygens (including phenoxy) is 1. The van der Waals surface area contributed by atoms with Crippen LogP contribution in [0, 0.1) is 0 Å². The molecule has 0 radical (unpaired) electrons. The molecule has 1 aliphatic heterocycles. The SMILES string of the molecule is COc1ccccc1C1CC(c2ccccc2N=Cc2c(-c3ccccc3)[nH]c3ccccc23)=NN1C(C)=O. The number of methoxy groups -OCH3 is 1. The van der Waals surface area contributed by atoms with Crippen molar-refractivity contribution in [1.82, 2.24) is 9.99 Å². The molecule has 6 heteroatoms. The van der Waals surface area contributed by atoms with E-state index in [1.54, 1.807) is 19.0 Å². The van der Waals surface area contributed by atoms with Gasteiger partial charge < -0.3 is 9.72 Å². The van der Waals surface area contributed by atoms with Gasteiger partial charge in [0.05, 0.1) is 30.2 Å². The number of H-pyrrole nitrogens is 1. The van der Waals surface area contributed by atoms with Gasteiger partial charge in [0, 0.05) is 47.2 Å². The molecule has 1 unspecified atom stereocenters. The first-order valence-corrected chi connectivity index (χ1v) is 12.9. The first-order chi connectivity index (χ1) is 19.1. The van der Waals surface area contributed by atoms with E-state index in [9.17, 15) is 4.79 Å². The molecule has 0 spiro atoms. The number of rotatable bonds is 6. The summed E-state index contributed by atoms with van der Waals surface area (Å²) in [4.78, 5) is 21.2. The lowest BCUT2D eigenvalue weighted by atomic mass is 9.97. The quantitative estimate of drug-likeness (QED) is 0.243. The highest BCUT2D eigenvalue weighted by molar-refractivity contribution is 6.09. The molecule has 0 bridgehead atoms. The van der Waals surface area contributed by atoms with Gasteiger partial charge in [-0.2, -0.15) is 5.10 Å². The maximum absolute atomic E-state index is 12.6. The summed E-state index contributed by atoms with van der Waals surface area (Å²) in [5.74, 6) is 0.623. The van der Waals surface area contributed by atoms with Crippen molar-refractivity contribution in [2.24, 2.45) is 10.1 Å². The number of aliphatic imine (C=N–C) groups is 1. The molecule has 39 heavy (non-hydrogen) atoms. The molecule has 192 valence electrons. The zero-order valence-corrected chi connectivity index (χ0v) is 21.8. The highest BCUT2D eigenvalue weighted by atomic mass is 16.5. The number of fused-ring (bicyclic) bond motifs is 1. The van der Waals surface area contributed by atoms with Crippen LogP contribution in [0.1, 0.15) is 36.1 Å². The zero-order valence-electron chi connectivity index (χ0n) is 21.8. The number of benzene rings is 4.